The maximum absolute atomic E-state index is 11.9. The molecule has 1 amide bonds. The Morgan fingerprint density at radius 3 is 2.44 bits per heavy atom. The lowest BCUT2D eigenvalue weighted by Crippen LogP contribution is -2.31. The third kappa shape index (κ3) is 6.12. The quantitative estimate of drug-likeness (QED) is 0.561. The van der Waals surface area contributed by atoms with E-state index in [9.17, 15) is 9.59 Å². The standard InChI is InChI=1S/C17H14Cl3NO4/c18-11-5-6-12(14(20)9-11)17(23)21-10-16(22)25-8-7-24-15-4-2-1-3-13(15)19/h1-6,9H,7-8,10H2,(H,21,23). The van der Waals surface area contributed by atoms with Gasteiger partial charge in [-0.15, -0.1) is 0 Å². The Balaban J connectivity index is 1.70. The molecule has 2 rings (SSSR count). The molecule has 0 saturated heterocycles. The normalized spacial score (nSPS) is 10.2. The van der Waals surface area contributed by atoms with Crippen LogP contribution in [-0.4, -0.2) is 31.6 Å². The van der Waals surface area contributed by atoms with Gasteiger partial charge in [-0.1, -0.05) is 46.9 Å². The summed E-state index contributed by atoms with van der Waals surface area (Å²) in [5.41, 5.74) is 0.223. The zero-order valence-electron chi connectivity index (χ0n) is 12.9. The molecule has 0 bridgehead atoms. The summed E-state index contributed by atoms with van der Waals surface area (Å²) in [7, 11) is 0. The van der Waals surface area contributed by atoms with Gasteiger partial charge in [-0.25, -0.2) is 0 Å². The number of para-hydroxylation sites is 1. The van der Waals surface area contributed by atoms with E-state index in [1.807, 2.05) is 0 Å². The number of hydrogen-bond acceptors (Lipinski definition) is 4. The average Bonchev–Trinajstić information content (AvgIpc) is 2.58. The molecule has 0 atom stereocenters. The van der Waals surface area contributed by atoms with Gasteiger partial charge >= 0.3 is 5.97 Å². The molecule has 0 aliphatic carbocycles. The molecule has 25 heavy (non-hydrogen) atoms. The number of carbonyl (C=O) groups excluding carboxylic acids is 2. The first kappa shape index (κ1) is 19.4. The van der Waals surface area contributed by atoms with Crippen molar-refractivity contribution >= 4 is 46.7 Å². The van der Waals surface area contributed by atoms with Crippen LogP contribution in [0.4, 0.5) is 0 Å². The van der Waals surface area contributed by atoms with E-state index in [1.54, 1.807) is 24.3 Å². The largest absolute Gasteiger partial charge is 0.488 e. The summed E-state index contributed by atoms with van der Waals surface area (Å²) in [5, 5.41) is 3.51. The minimum Gasteiger partial charge on any atom is -0.488 e. The summed E-state index contributed by atoms with van der Waals surface area (Å²) in [6.07, 6.45) is 0. The van der Waals surface area contributed by atoms with Gasteiger partial charge in [0.2, 0.25) is 0 Å². The highest BCUT2D eigenvalue weighted by Gasteiger charge is 2.12. The highest BCUT2D eigenvalue weighted by atomic mass is 35.5. The van der Waals surface area contributed by atoms with Crippen LogP contribution < -0.4 is 10.1 Å². The minimum absolute atomic E-state index is 0.0294. The highest BCUT2D eigenvalue weighted by Crippen LogP contribution is 2.23. The van der Waals surface area contributed by atoms with Crippen molar-refractivity contribution in [1.29, 1.82) is 0 Å². The van der Waals surface area contributed by atoms with Crippen LogP contribution in [0.2, 0.25) is 15.1 Å². The summed E-state index contributed by atoms with van der Waals surface area (Å²) < 4.78 is 10.3. The molecule has 0 spiro atoms. The second kappa shape index (κ2) is 9.51. The minimum atomic E-state index is -0.596. The van der Waals surface area contributed by atoms with Gasteiger partial charge in [0.15, 0.2) is 0 Å². The number of esters is 1. The SMILES string of the molecule is O=C(CNC(=O)c1ccc(Cl)cc1Cl)OCCOc1ccccc1Cl. The third-order valence-corrected chi connectivity index (χ3v) is 3.87. The Labute approximate surface area is 159 Å². The van der Waals surface area contributed by atoms with Crippen molar-refractivity contribution < 1.29 is 19.1 Å². The van der Waals surface area contributed by atoms with E-state index in [2.05, 4.69) is 5.32 Å². The smallest absolute Gasteiger partial charge is 0.325 e. The number of amides is 1. The van der Waals surface area contributed by atoms with Gasteiger partial charge in [0.05, 0.1) is 15.6 Å². The molecular weight excluding hydrogens is 389 g/mol. The first-order chi connectivity index (χ1) is 12.0. The lowest BCUT2D eigenvalue weighted by molar-refractivity contribution is -0.143. The van der Waals surface area contributed by atoms with Crippen LogP contribution in [0.3, 0.4) is 0 Å². The van der Waals surface area contributed by atoms with Crippen molar-refractivity contribution in [2.24, 2.45) is 0 Å². The molecule has 0 heterocycles. The zero-order chi connectivity index (χ0) is 18.2. The van der Waals surface area contributed by atoms with Gasteiger partial charge in [-0.3, -0.25) is 9.59 Å². The first-order valence-corrected chi connectivity index (χ1v) is 8.37. The van der Waals surface area contributed by atoms with Gasteiger partial charge < -0.3 is 14.8 Å². The first-order valence-electron chi connectivity index (χ1n) is 7.23. The van der Waals surface area contributed by atoms with Gasteiger partial charge in [0.25, 0.3) is 5.91 Å². The predicted octanol–water partition coefficient (Wildman–Crippen LogP) is 4.00. The molecule has 0 saturated carbocycles. The summed E-state index contributed by atoms with van der Waals surface area (Å²) in [4.78, 5) is 23.6. The van der Waals surface area contributed by atoms with Gasteiger partial charge in [0.1, 0.15) is 25.5 Å². The molecule has 8 heteroatoms. The second-order valence-corrected chi connectivity index (χ2v) is 6.06. The Bertz CT molecular complexity index is 767. The van der Waals surface area contributed by atoms with Crippen LogP contribution in [0.5, 0.6) is 5.75 Å². The van der Waals surface area contributed by atoms with Crippen molar-refractivity contribution in [2.45, 2.75) is 0 Å². The summed E-state index contributed by atoms with van der Waals surface area (Å²) >= 11 is 17.6. The number of nitrogens with one attached hydrogen (secondary N) is 1. The number of ether oxygens (including phenoxy) is 2. The summed E-state index contributed by atoms with van der Waals surface area (Å²) in [6, 6.07) is 11.4. The molecule has 0 aromatic heterocycles. The number of halogens is 3. The topological polar surface area (TPSA) is 64.6 Å². The lowest BCUT2D eigenvalue weighted by atomic mass is 10.2. The summed E-state index contributed by atoms with van der Waals surface area (Å²) in [6.45, 7) is -0.113. The van der Waals surface area contributed by atoms with Crippen LogP contribution in [-0.2, 0) is 9.53 Å². The third-order valence-electron chi connectivity index (χ3n) is 3.01. The fourth-order valence-electron chi connectivity index (χ4n) is 1.84. The van der Waals surface area contributed by atoms with Crippen LogP contribution in [0.25, 0.3) is 0 Å². The Kier molecular flexibility index (Phi) is 7.37. The van der Waals surface area contributed by atoms with Crippen molar-refractivity contribution in [1.82, 2.24) is 5.32 Å². The molecule has 0 radical (unpaired) electrons. The maximum Gasteiger partial charge on any atom is 0.325 e. The van der Waals surface area contributed by atoms with Crippen LogP contribution in [0.15, 0.2) is 42.5 Å². The molecule has 2 aromatic rings. The predicted molar refractivity (Wildman–Crippen MR) is 96.7 cm³/mol. The van der Waals surface area contributed by atoms with E-state index < -0.39 is 11.9 Å². The number of rotatable bonds is 7. The Morgan fingerprint density at radius 2 is 1.72 bits per heavy atom. The summed E-state index contributed by atoms with van der Waals surface area (Å²) in [5.74, 6) is -0.585. The fraction of sp³-hybridized carbons (Fsp3) is 0.176. The fourth-order valence-corrected chi connectivity index (χ4v) is 2.53. The molecule has 0 aliphatic rings. The molecular formula is C17H14Cl3NO4. The molecule has 0 unspecified atom stereocenters. The van der Waals surface area contributed by atoms with Crippen LogP contribution >= 0.6 is 34.8 Å². The molecule has 5 nitrogen and oxygen atoms in total. The van der Waals surface area contributed by atoms with Crippen molar-refractivity contribution in [2.75, 3.05) is 19.8 Å². The van der Waals surface area contributed by atoms with E-state index in [0.29, 0.717) is 15.8 Å². The van der Waals surface area contributed by atoms with Gasteiger partial charge in [0, 0.05) is 5.02 Å². The van der Waals surface area contributed by atoms with E-state index >= 15 is 0 Å². The zero-order valence-corrected chi connectivity index (χ0v) is 15.2. The van der Waals surface area contributed by atoms with Crippen LogP contribution in [0, 0.1) is 0 Å². The van der Waals surface area contributed by atoms with Crippen molar-refractivity contribution in [3.05, 3.63) is 63.1 Å². The second-order valence-electron chi connectivity index (χ2n) is 4.81. The molecule has 0 aliphatic heterocycles. The average molecular weight is 403 g/mol. The molecule has 132 valence electrons. The number of carbonyl (C=O) groups is 2. The number of benzene rings is 2. The lowest BCUT2D eigenvalue weighted by Gasteiger charge is -2.09. The van der Waals surface area contributed by atoms with E-state index in [-0.39, 0.29) is 30.3 Å². The maximum atomic E-state index is 11.9. The van der Waals surface area contributed by atoms with E-state index in [4.69, 9.17) is 44.3 Å². The molecule has 0 fully saturated rings. The highest BCUT2D eigenvalue weighted by molar-refractivity contribution is 6.36. The van der Waals surface area contributed by atoms with E-state index in [1.165, 1.54) is 18.2 Å². The Hall–Kier alpha value is -1.95. The van der Waals surface area contributed by atoms with Gasteiger partial charge in [-0.05, 0) is 30.3 Å². The van der Waals surface area contributed by atoms with Gasteiger partial charge in [-0.2, -0.15) is 0 Å². The van der Waals surface area contributed by atoms with Crippen molar-refractivity contribution in [3.8, 4) is 5.75 Å². The Morgan fingerprint density at radius 1 is 0.960 bits per heavy atom. The van der Waals surface area contributed by atoms with Crippen molar-refractivity contribution in [3.63, 3.8) is 0 Å². The molecule has 1 N–H and O–H groups in total. The number of hydrogen-bond donors (Lipinski definition) is 1. The van der Waals surface area contributed by atoms with Crippen LogP contribution in [0.1, 0.15) is 10.4 Å². The molecule has 2 aromatic carbocycles. The monoisotopic (exact) mass is 401 g/mol. The van der Waals surface area contributed by atoms with E-state index in [0.717, 1.165) is 0 Å².